The second-order valence-corrected chi connectivity index (χ2v) is 7.25. The zero-order valence-corrected chi connectivity index (χ0v) is 15.5. The van der Waals surface area contributed by atoms with Crippen LogP contribution in [0.15, 0.2) is 58.3 Å². The van der Waals surface area contributed by atoms with E-state index >= 15 is 0 Å². The van der Waals surface area contributed by atoms with Crippen LogP contribution >= 0.6 is 11.8 Å². The van der Waals surface area contributed by atoms with Gasteiger partial charge in [-0.25, -0.2) is 0 Å². The molecule has 0 spiro atoms. The maximum absolute atomic E-state index is 12.6. The van der Waals surface area contributed by atoms with E-state index in [9.17, 15) is 4.79 Å². The Morgan fingerprint density at radius 3 is 2.56 bits per heavy atom. The van der Waals surface area contributed by atoms with E-state index in [0.717, 1.165) is 33.3 Å². The number of anilines is 1. The van der Waals surface area contributed by atoms with Gasteiger partial charge in [0.15, 0.2) is 0 Å². The van der Waals surface area contributed by atoms with Crippen LogP contribution in [-0.4, -0.2) is 45.1 Å². The highest BCUT2D eigenvalue weighted by molar-refractivity contribution is 8.04. The molecule has 0 bridgehead atoms. The van der Waals surface area contributed by atoms with Gasteiger partial charge in [0.1, 0.15) is 12.4 Å². The third-order valence-electron chi connectivity index (χ3n) is 3.95. The third-order valence-corrected chi connectivity index (χ3v) is 5.02. The molecular weight excluding hydrogens is 332 g/mol. The Morgan fingerprint density at radius 2 is 1.84 bits per heavy atom. The SMILES string of the molecule is CN(C)CCOc1ccc(/C=C2\Sc3ccccc3N(C)C2=O)cc1. The minimum atomic E-state index is 0.0232. The van der Waals surface area contributed by atoms with Gasteiger partial charge >= 0.3 is 0 Å². The topological polar surface area (TPSA) is 32.8 Å². The number of fused-ring (bicyclic) bond motifs is 1. The fourth-order valence-corrected chi connectivity index (χ4v) is 3.62. The lowest BCUT2D eigenvalue weighted by molar-refractivity contribution is -0.114. The van der Waals surface area contributed by atoms with Gasteiger partial charge in [0.2, 0.25) is 0 Å². The number of nitrogens with zero attached hydrogens (tertiary/aromatic N) is 2. The van der Waals surface area contributed by atoms with E-state index in [1.165, 1.54) is 11.8 Å². The summed E-state index contributed by atoms with van der Waals surface area (Å²) in [5.41, 5.74) is 1.95. The summed E-state index contributed by atoms with van der Waals surface area (Å²) in [4.78, 5) is 18.2. The molecule has 0 aliphatic carbocycles. The van der Waals surface area contributed by atoms with Gasteiger partial charge in [-0.15, -0.1) is 0 Å². The van der Waals surface area contributed by atoms with Gasteiger partial charge in [-0.1, -0.05) is 36.0 Å². The normalized spacial score (nSPS) is 15.6. The largest absolute Gasteiger partial charge is 0.492 e. The number of rotatable bonds is 5. The van der Waals surface area contributed by atoms with Crippen molar-refractivity contribution in [2.45, 2.75) is 4.90 Å². The van der Waals surface area contributed by atoms with Crippen LogP contribution in [0.25, 0.3) is 6.08 Å². The summed E-state index contributed by atoms with van der Waals surface area (Å²) in [7, 11) is 5.86. The van der Waals surface area contributed by atoms with Crippen molar-refractivity contribution in [1.82, 2.24) is 4.90 Å². The second-order valence-electron chi connectivity index (χ2n) is 6.16. The van der Waals surface area contributed by atoms with Crippen LogP contribution in [0.2, 0.25) is 0 Å². The lowest BCUT2D eigenvalue weighted by Crippen LogP contribution is -2.29. The van der Waals surface area contributed by atoms with Gasteiger partial charge < -0.3 is 14.5 Å². The molecule has 5 heteroatoms. The molecule has 3 rings (SSSR count). The van der Waals surface area contributed by atoms with Crippen molar-refractivity contribution in [3.8, 4) is 5.75 Å². The van der Waals surface area contributed by atoms with Crippen LogP contribution in [0.4, 0.5) is 5.69 Å². The predicted molar refractivity (Wildman–Crippen MR) is 104 cm³/mol. The maximum Gasteiger partial charge on any atom is 0.264 e. The summed E-state index contributed by atoms with van der Waals surface area (Å²) in [5, 5.41) is 0. The first-order valence-electron chi connectivity index (χ1n) is 8.19. The lowest BCUT2D eigenvalue weighted by Gasteiger charge is -2.26. The quantitative estimate of drug-likeness (QED) is 0.766. The van der Waals surface area contributed by atoms with Crippen LogP contribution < -0.4 is 9.64 Å². The molecule has 130 valence electrons. The summed E-state index contributed by atoms with van der Waals surface area (Å²) in [6, 6.07) is 15.8. The van der Waals surface area contributed by atoms with Crippen molar-refractivity contribution in [3.63, 3.8) is 0 Å². The number of ether oxygens (including phenoxy) is 1. The Labute approximate surface area is 153 Å². The van der Waals surface area contributed by atoms with E-state index in [-0.39, 0.29) is 5.91 Å². The number of thioether (sulfide) groups is 1. The molecule has 25 heavy (non-hydrogen) atoms. The third kappa shape index (κ3) is 4.24. The highest BCUT2D eigenvalue weighted by atomic mass is 32.2. The molecular formula is C20H22N2O2S. The van der Waals surface area contributed by atoms with Crippen molar-refractivity contribution < 1.29 is 9.53 Å². The first-order valence-corrected chi connectivity index (χ1v) is 9.00. The highest BCUT2D eigenvalue weighted by Crippen LogP contribution is 2.41. The smallest absolute Gasteiger partial charge is 0.264 e. The standard InChI is InChI=1S/C20H22N2O2S/c1-21(2)12-13-24-16-10-8-15(9-11-16)14-19-20(23)22(3)17-6-4-5-7-18(17)25-19/h4-11,14H,12-13H2,1-3H3/b19-14-. The van der Waals surface area contributed by atoms with Gasteiger partial charge in [-0.2, -0.15) is 0 Å². The fraction of sp³-hybridized carbons (Fsp3) is 0.250. The van der Waals surface area contributed by atoms with E-state index in [4.69, 9.17) is 4.74 Å². The van der Waals surface area contributed by atoms with E-state index < -0.39 is 0 Å². The molecule has 2 aromatic carbocycles. The molecule has 0 aromatic heterocycles. The van der Waals surface area contributed by atoms with Crippen LogP contribution in [0, 0.1) is 0 Å². The molecule has 0 radical (unpaired) electrons. The minimum absolute atomic E-state index is 0.0232. The second kappa shape index (κ2) is 7.76. The molecule has 1 aliphatic heterocycles. The predicted octanol–water partition coefficient (Wildman–Crippen LogP) is 3.74. The number of hydrogen-bond donors (Lipinski definition) is 0. The molecule has 1 amide bonds. The summed E-state index contributed by atoms with van der Waals surface area (Å²) in [6.45, 7) is 1.53. The van der Waals surface area contributed by atoms with Gasteiger partial charge in [0.25, 0.3) is 5.91 Å². The average Bonchev–Trinajstić information content (AvgIpc) is 2.61. The number of likely N-dealkylation sites (N-methyl/N-ethyl adjacent to an activating group) is 2. The van der Waals surface area contributed by atoms with E-state index in [0.29, 0.717) is 6.61 Å². The molecule has 4 nitrogen and oxygen atoms in total. The van der Waals surface area contributed by atoms with Crippen molar-refractivity contribution in [3.05, 3.63) is 59.0 Å². The first-order chi connectivity index (χ1) is 12.0. The molecule has 2 aromatic rings. The summed E-state index contributed by atoms with van der Waals surface area (Å²) < 4.78 is 5.70. The van der Waals surface area contributed by atoms with Crippen molar-refractivity contribution >= 4 is 29.4 Å². The Balaban J connectivity index is 1.73. The van der Waals surface area contributed by atoms with E-state index in [1.54, 1.807) is 4.90 Å². The van der Waals surface area contributed by atoms with Crippen molar-refractivity contribution in [2.75, 3.05) is 39.2 Å². The number of hydrogen-bond acceptors (Lipinski definition) is 4. The van der Waals surface area contributed by atoms with E-state index in [2.05, 4.69) is 4.90 Å². The Kier molecular flexibility index (Phi) is 5.46. The van der Waals surface area contributed by atoms with Crippen LogP contribution in [0.3, 0.4) is 0 Å². The summed E-state index contributed by atoms with van der Waals surface area (Å²) in [5.74, 6) is 0.865. The van der Waals surface area contributed by atoms with Gasteiger partial charge in [0, 0.05) is 18.5 Å². The molecule has 0 saturated heterocycles. The molecule has 0 N–H and O–H groups in total. The zero-order chi connectivity index (χ0) is 17.8. The summed E-state index contributed by atoms with van der Waals surface area (Å²) >= 11 is 1.52. The Hall–Kier alpha value is -2.24. The van der Waals surface area contributed by atoms with E-state index in [1.807, 2.05) is 75.7 Å². The molecule has 0 atom stereocenters. The van der Waals surface area contributed by atoms with Gasteiger partial charge in [-0.3, -0.25) is 4.79 Å². The number of para-hydroxylation sites is 1. The minimum Gasteiger partial charge on any atom is -0.492 e. The average molecular weight is 354 g/mol. The molecule has 0 fully saturated rings. The Bertz CT molecular complexity index is 785. The molecule has 0 saturated carbocycles. The van der Waals surface area contributed by atoms with Crippen molar-refractivity contribution in [1.29, 1.82) is 0 Å². The first kappa shape index (κ1) is 17.6. The number of benzene rings is 2. The number of carbonyl (C=O) groups is 1. The van der Waals surface area contributed by atoms with Crippen molar-refractivity contribution in [2.24, 2.45) is 0 Å². The summed E-state index contributed by atoms with van der Waals surface area (Å²) in [6.07, 6.45) is 1.93. The number of amides is 1. The van der Waals surface area contributed by atoms with Gasteiger partial charge in [-0.05, 0) is 50.0 Å². The molecule has 1 heterocycles. The van der Waals surface area contributed by atoms with Gasteiger partial charge in [0.05, 0.1) is 10.6 Å². The van der Waals surface area contributed by atoms with Crippen LogP contribution in [0.5, 0.6) is 5.75 Å². The monoisotopic (exact) mass is 354 g/mol. The Morgan fingerprint density at radius 1 is 1.12 bits per heavy atom. The fourth-order valence-electron chi connectivity index (χ4n) is 2.51. The zero-order valence-electron chi connectivity index (χ0n) is 14.7. The molecule has 0 unspecified atom stereocenters. The maximum atomic E-state index is 12.6. The highest BCUT2D eigenvalue weighted by Gasteiger charge is 2.25. The van der Waals surface area contributed by atoms with Crippen LogP contribution in [0.1, 0.15) is 5.56 Å². The number of carbonyl (C=O) groups excluding carboxylic acids is 1. The lowest BCUT2D eigenvalue weighted by atomic mass is 10.2. The van der Waals surface area contributed by atoms with Crippen LogP contribution in [-0.2, 0) is 4.79 Å². The molecule has 1 aliphatic rings.